The maximum absolute atomic E-state index is 12.4. The monoisotopic (exact) mass is 315 g/mol. The van der Waals surface area contributed by atoms with Gasteiger partial charge in [-0.05, 0) is 24.3 Å². The van der Waals surface area contributed by atoms with Gasteiger partial charge in [0.15, 0.2) is 0 Å². The van der Waals surface area contributed by atoms with Gasteiger partial charge in [0.2, 0.25) is 0 Å². The molecule has 0 aromatic carbocycles. The van der Waals surface area contributed by atoms with E-state index in [1.165, 1.54) is 18.4 Å². The van der Waals surface area contributed by atoms with Gasteiger partial charge < -0.3 is 14.6 Å². The number of amides is 1. The molecule has 112 valence electrons. The molecule has 22 heavy (non-hydrogen) atoms. The Morgan fingerprint density at radius 3 is 2.82 bits per heavy atom. The minimum Gasteiger partial charge on any atom is -0.468 e. The molecule has 0 bridgehead atoms. The maximum atomic E-state index is 12.4. The molecule has 0 fully saturated rings. The van der Waals surface area contributed by atoms with Crippen LogP contribution in [-0.4, -0.2) is 35.1 Å². The molecular weight excluding hydrogens is 302 g/mol. The zero-order valence-corrected chi connectivity index (χ0v) is 12.6. The van der Waals surface area contributed by atoms with Gasteiger partial charge in [-0.15, -0.1) is 11.3 Å². The van der Waals surface area contributed by atoms with Crippen molar-refractivity contribution in [3.05, 3.63) is 47.7 Å². The van der Waals surface area contributed by atoms with Gasteiger partial charge in [-0.25, -0.2) is 4.98 Å². The Morgan fingerprint density at radius 1 is 1.32 bits per heavy atom. The molecule has 3 aromatic heterocycles. The van der Waals surface area contributed by atoms with Crippen LogP contribution in [0, 0.1) is 0 Å². The minimum atomic E-state index is -0.491. The molecule has 0 aliphatic heterocycles. The predicted octanol–water partition coefficient (Wildman–Crippen LogP) is 1.99. The summed E-state index contributed by atoms with van der Waals surface area (Å²) in [6, 6.07) is 7.52. The summed E-state index contributed by atoms with van der Waals surface area (Å²) in [5.74, 6) is -0.813. The molecule has 0 aliphatic rings. The quantitative estimate of drug-likeness (QED) is 0.747. The van der Waals surface area contributed by atoms with Crippen LogP contribution < -0.4 is 5.32 Å². The van der Waals surface area contributed by atoms with Crippen molar-refractivity contribution in [2.45, 2.75) is 0 Å². The first-order chi connectivity index (χ1) is 10.7. The van der Waals surface area contributed by atoms with Crippen molar-refractivity contribution in [1.82, 2.24) is 14.9 Å². The number of carbonyl (C=O) groups is 2. The molecule has 0 spiro atoms. The highest BCUT2D eigenvalue weighted by molar-refractivity contribution is 7.21. The van der Waals surface area contributed by atoms with Crippen molar-refractivity contribution in [3.63, 3.8) is 0 Å². The Bertz CT molecular complexity index is 824. The van der Waals surface area contributed by atoms with Crippen LogP contribution >= 0.6 is 11.3 Å². The normalized spacial score (nSPS) is 10.6. The van der Waals surface area contributed by atoms with Gasteiger partial charge in [-0.1, -0.05) is 0 Å². The van der Waals surface area contributed by atoms with Crippen LogP contribution in [0.2, 0.25) is 0 Å². The van der Waals surface area contributed by atoms with Gasteiger partial charge in [0.25, 0.3) is 5.91 Å². The number of hydrogen-bond donors (Lipinski definition) is 1. The summed E-state index contributed by atoms with van der Waals surface area (Å²) >= 11 is 1.29. The van der Waals surface area contributed by atoms with Crippen molar-refractivity contribution in [2.75, 3.05) is 13.7 Å². The molecule has 7 heteroatoms. The van der Waals surface area contributed by atoms with E-state index < -0.39 is 5.97 Å². The number of aromatic nitrogens is 2. The van der Waals surface area contributed by atoms with Crippen molar-refractivity contribution in [3.8, 4) is 5.69 Å². The van der Waals surface area contributed by atoms with Crippen LogP contribution in [0.5, 0.6) is 0 Å². The molecule has 0 unspecified atom stereocenters. The van der Waals surface area contributed by atoms with Gasteiger partial charge >= 0.3 is 5.97 Å². The molecule has 3 heterocycles. The Morgan fingerprint density at radius 2 is 2.09 bits per heavy atom. The van der Waals surface area contributed by atoms with Crippen LogP contribution in [0.3, 0.4) is 0 Å². The molecule has 0 aliphatic carbocycles. The Kier molecular flexibility index (Phi) is 3.88. The van der Waals surface area contributed by atoms with E-state index in [4.69, 9.17) is 0 Å². The number of rotatable bonds is 4. The van der Waals surface area contributed by atoms with Crippen LogP contribution in [0.1, 0.15) is 9.67 Å². The van der Waals surface area contributed by atoms with Crippen LogP contribution in [-0.2, 0) is 9.53 Å². The van der Waals surface area contributed by atoms with E-state index in [2.05, 4.69) is 15.0 Å². The number of ether oxygens (including phenoxy) is 1. The van der Waals surface area contributed by atoms with Crippen molar-refractivity contribution in [2.24, 2.45) is 0 Å². The van der Waals surface area contributed by atoms with Crippen molar-refractivity contribution >= 4 is 33.4 Å². The first kappa shape index (κ1) is 14.3. The summed E-state index contributed by atoms with van der Waals surface area (Å²) in [6.45, 7) is -0.165. The summed E-state index contributed by atoms with van der Waals surface area (Å²) in [4.78, 5) is 29.2. The highest BCUT2D eigenvalue weighted by atomic mass is 32.1. The summed E-state index contributed by atoms with van der Waals surface area (Å²) in [5.41, 5.74) is 0.764. The van der Waals surface area contributed by atoms with Crippen LogP contribution in [0.25, 0.3) is 15.9 Å². The number of carbonyl (C=O) groups excluding carboxylic acids is 2. The second kappa shape index (κ2) is 5.98. The summed E-state index contributed by atoms with van der Waals surface area (Å²) < 4.78 is 6.40. The molecule has 0 atom stereocenters. The number of esters is 1. The molecule has 0 saturated heterocycles. The lowest BCUT2D eigenvalue weighted by atomic mass is 10.2. The van der Waals surface area contributed by atoms with E-state index in [0.29, 0.717) is 4.88 Å². The summed E-state index contributed by atoms with van der Waals surface area (Å²) in [6.07, 6.45) is 5.42. The van der Waals surface area contributed by atoms with E-state index in [1.807, 2.05) is 41.2 Å². The van der Waals surface area contributed by atoms with Gasteiger partial charge in [-0.2, -0.15) is 0 Å². The fourth-order valence-electron chi connectivity index (χ4n) is 2.12. The third kappa shape index (κ3) is 2.58. The van der Waals surface area contributed by atoms with Gasteiger partial charge in [0.05, 0.1) is 12.8 Å². The number of nitrogens with zero attached hydrogens (tertiary/aromatic N) is 2. The van der Waals surface area contributed by atoms with Crippen molar-refractivity contribution in [1.29, 1.82) is 0 Å². The Hall–Kier alpha value is -2.67. The third-order valence-electron chi connectivity index (χ3n) is 3.13. The fraction of sp³-hybridized carbons (Fsp3) is 0.133. The average molecular weight is 315 g/mol. The molecule has 0 radical (unpaired) electrons. The largest absolute Gasteiger partial charge is 0.468 e. The van der Waals surface area contributed by atoms with E-state index in [0.717, 1.165) is 15.9 Å². The average Bonchev–Trinajstić information content (AvgIpc) is 3.18. The number of hydrogen-bond acceptors (Lipinski definition) is 5. The Balaban J connectivity index is 2.03. The molecule has 3 rings (SSSR count). The van der Waals surface area contributed by atoms with Crippen LogP contribution in [0.15, 0.2) is 42.9 Å². The Labute approximate surface area is 130 Å². The lowest BCUT2D eigenvalue weighted by molar-refractivity contribution is -0.139. The second-order valence-corrected chi connectivity index (χ2v) is 5.48. The molecule has 1 amide bonds. The zero-order valence-electron chi connectivity index (χ0n) is 11.8. The SMILES string of the molecule is COC(=O)CNC(=O)c1sc2ncccc2c1-n1cccc1. The van der Waals surface area contributed by atoms with E-state index in [9.17, 15) is 9.59 Å². The maximum Gasteiger partial charge on any atom is 0.325 e. The first-order valence-electron chi connectivity index (χ1n) is 6.56. The lowest BCUT2D eigenvalue weighted by Gasteiger charge is -2.06. The highest BCUT2D eigenvalue weighted by Gasteiger charge is 2.20. The number of fused-ring (bicyclic) bond motifs is 1. The smallest absolute Gasteiger partial charge is 0.325 e. The standard InChI is InChI=1S/C15H13N3O3S/c1-21-11(19)9-17-14(20)13-12(18-7-2-3-8-18)10-5-4-6-16-15(10)22-13/h2-8H,9H2,1H3,(H,17,20). The van der Waals surface area contributed by atoms with Gasteiger partial charge in [0, 0.05) is 24.0 Å². The highest BCUT2D eigenvalue weighted by Crippen LogP contribution is 2.32. The predicted molar refractivity (Wildman–Crippen MR) is 83.3 cm³/mol. The first-order valence-corrected chi connectivity index (χ1v) is 7.38. The number of nitrogens with one attached hydrogen (secondary N) is 1. The minimum absolute atomic E-state index is 0.165. The molecule has 3 aromatic rings. The zero-order chi connectivity index (χ0) is 15.5. The molecular formula is C15H13N3O3S. The van der Waals surface area contributed by atoms with Crippen LogP contribution in [0.4, 0.5) is 0 Å². The second-order valence-electron chi connectivity index (χ2n) is 4.49. The lowest BCUT2D eigenvalue weighted by Crippen LogP contribution is -2.30. The summed E-state index contributed by atoms with van der Waals surface area (Å²) in [5, 5.41) is 3.46. The van der Waals surface area contributed by atoms with Gasteiger partial charge in [0.1, 0.15) is 16.3 Å². The third-order valence-corrected chi connectivity index (χ3v) is 4.23. The topological polar surface area (TPSA) is 73.2 Å². The number of methoxy groups -OCH3 is 1. The van der Waals surface area contributed by atoms with E-state index >= 15 is 0 Å². The molecule has 0 saturated carbocycles. The summed E-state index contributed by atoms with van der Waals surface area (Å²) in [7, 11) is 1.28. The number of pyridine rings is 1. The van der Waals surface area contributed by atoms with Crippen molar-refractivity contribution < 1.29 is 14.3 Å². The van der Waals surface area contributed by atoms with Gasteiger partial charge in [-0.3, -0.25) is 9.59 Å². The molecule has 1 N–H and O–H groups in total. The van der Waals surface area contributed by atoms with E-state index in [1.54, 1.807) is 6.20 Å². The molecule has 6 nitrogen and oxygen atoms in total. The number of thiophene rings is 1. The van der Waals surface area contributed by atoms with E-state index in [-0.39, 0.29) is 12.5 Å². The fourth-order valence-corrected chi connectivity index (χ4v) is 3.18.